The molecule has 0 saturated heterocycles. The smallest absolute Gasteiger partial charge is 0.268 e. The van der Waals surface area contributed by atoms with Crippen molar-refractivity contribution in [3.05, 3.63) is 78.0 Å². The van der Waals surface area contributed by atoms with Crippen molar-refractivity contribution in [1.82, 2.24) is 9.88 Å². The summed E-state index contributed by atoms with van der Waals surface area (Å²) in [6.45, 7) is 0. The first-order chi connectivity index (χ1) is 15.5. The molecule has 0 radical (unpaired) electrons. The molecule has 1 fully saturated rings. The van der Waals surface area contributed by atoms with Crippen LogP contribution in [0.4, 0.5) is 0 Å². The Bertz CT molecular complexity index is 1330. The number of rotatable bonds is 4. The molecular formula is C26H27N5O. The van der Waals surface area contributed by atoms with Gasteiger partial charge in [-0.3, -0.25) is 10.2 Å². The second kappa shape index (κ2) is 8.13. The van der Waals surface area contributed by atoms with Crippen molar-refractivity contribution < 1.29 is 4.79 Å². The lowest BCUT2D eigenvalue weighted by Gasteiger charge is -2.27. The van der Waals surface area contributed by atoms with Crippen LogP contribution in [-0.4, -0.2) is 28.4 Å². The molecule has 0 unspecified atom stereocenters. The van der Waals surface area contributed by atoms with E-state index in [-0.39, 0.29) is 23.8 Å². The van der Waals surface area contributed by atoms with E-state index in [0.717, 1.165) is 53.0 Å². The van der Waals surface area contributed by atoms with E-state index in [9.17, 15) is 4.79 Å². The van der Waals surface area contributed by atoms with Gasteiger partial charge in [-0.2, -0.15) is 0 Å². The van der Waals surface area contributed by atoms with Gasteiger partial charge in [-0.15, -0.1) is 0 Å². The average Bonchev–Trinajstić information content (AvgIpc) is 3.19. The van der Waals surface area contributed by atoms with Crippen molar-refractivity contribution in [2.24, 2.45) is 11.5 Å². The SMILES string of the molecule is N=C(N)c1ccc2cc(C(=O)N[C@H]3CC[C@H](N)CC3)n(-c3cccc4ccccc34)c2c1. The minimum Gasteiger partial charge on any atom is -0.384 e. The monoisotopic (exact) mass is 425 g/mol. The van der Waals surface area contributed by atoms with E-state index in [4.69, 9.17) is 16.9 Å². The number of nitrogen functional groups attached to an aromatic ring is 1. The molecule has 5 rings (SSSR count). The van der Waals surface area contributed by atoms with E-state index in [2.05, 4.69) is 23.5 Å². The topological polar surface area (TPSA) is 110 Å². The summed E-state index contributed by atoms with van der Waals surface area (Å²) in [4.78, 5) is 13.5. The van der Waals surface area contributed by atoms with E-state index in [1.54, 1.807) is 0 Å². The number of amidine groups is 1. The molecule has 32 heavy (non-hydrogen) atoms. The molecule has 6 heteroatoms. The van der Waals surface area contributed by atoms with Crippen LogP contribution in [0.15, 0.2) is 66.7 Å². The van der Waals surface area contributed by atoms with E-state index in [0.29, 0.717) is 11.3 Å². The third kappa shape index (κ3) is 3.63. The average molecular weight is 426 g/mol. The number of aromatic nitrogens is 1. The van der Waals surface area contributed by atoms with Crippen molar-refractivity contribution in [2.45, 2.75) is 37.8 Å². The number of fused-ring (bicyclic) bond motifs is 2. The summed E-state index contributed by atoms with van der Waals surface area (Å²) >= 11 is 0. The third-order valence-electron chi connectivity index (χ3n) is 6.46. The summed E-state index contributed by atoms with van der Waals surface area (Å²) in [5.74, 6) is -0.0962. The lowest BCUT2D eigenvalue weighted by molar-refractivity contribution is 0.0919. The summed E-state index contributed by atoms with van der Waals surface area (Å²) in [7, 11) is 0. The fraction of sp³-hybridized carbons (Fsp3) is 0.231. The molecule has 0 bridgehead atoms. The maximum absolute atomic E-state index is 13.5. The Kier molecular flexibility index (Phi) is 5.15. The molecule has 1 aliphatic carbocycles. The van der Waals surface area contributed by atoms with E-state index in [1.165, 1.54) is 0 Å². The van der Waals surface area contributed by atoms with Crippen LogP contribution in [0.2, 0.25) is 0 Å². The number of carbonyl (C=O) groups excluding carboxylic acids is 1. The Morgan fingerprint density at radius 3 is 2.47 bits per heavy atom. The first-order valence-corrected chi connectivity index (χ1v) is 11.1. The second-order valence-corrected chi connectivity index (χ2v) is 8.64. The van der Waals surface area contributed by atoms with Gasteiger partial charge in [-0.05, 0) is 49.3 Å². The fourth-order valence-electron chi connectivity index (χ4n) is 4.72. The molecule has 1 aromatic heterocycles. The zero-order valence-corrected chi connectivity index (χ0v) is 17.8. The van der Waals surface area contributed by atoms with Gasteiger partial charge in [0, 0.05) is 28.4 Å². The van der Waals surface area contributed by atoms with Gasteiger partial charge >= 0.3 is 0 Å². The Morgan fingerprint density at radius 2 is 1.69 bits per heavy atom. The number of nitrogens with two attached hydrogens (primary N) is 2. The van der Waals surface area contributed by atoms with Gasteiger partial charge in [0.15, 0.2) is 0 Å². The minimum absolute atomic E-state index is 0.00196. The predicted octanol–water partition coefficient (Wildman–Crippen LogP) is 4.07. The highest BCUT2D eigenvalue weighted by Gasteiger charge is 2.24. The van der Waals surface area contributed by atoms with Crippen LogP contribution < -0.4 is 16.8 Å². The van der Waals surface area contributed by atoms with Crippen molar-refractivity contribution in [3.63, 3.8) is 0 Å². The van der Waals surface area contributed by atoms with E-state index in [1.807, 2.05) is 53.1 Å². The van der Waals surface area contributed by atoms with Crippen LogP contribution in [0.25, 0.3) is 27.4 Å². The molecule has 0 aliphatic heterocycles. The molecule has 3 aromatic carbocycles. The lowest BCUT2D eigenvalue weighted by Crippen LogP contribution is -2.41. The number of hydrogen-bond donors (Lipinski definition) is 4. The van der Waals surface area contributed by atoms with Crippen LogP contribution >= 0.6 is 0 Å². The minimum atomic E-state index is -0.0982. The molecule has 0 atom stereocenters. The highest BCUT2D eigenvalue weighted by Crippen LogP contribution is 2.30. The first-order valence-electron chi connectivity index (χ1n) is 11.1. The molecule has 4 aromatic rings. The first kappa shape index (κ1) is 20.3. The third-order valence-corrected chi connectivity index (χ3v) is 6.46. The summed E-state index contributed by atoms with van der Waals surface area (Å²) in [6.07, 6.45) is 3.66. The van der Waals surface area contributed by atoms with Gasteiger partial charge in [0.1, 0.15) is 11.5 Å². The molecule has 1 saturated carbocycles. The quantitative estimate of drug-likeness (QED) is 0.292. The maximum Gasteiger partial charge on any atom is 0.268 e. The normalized spacial score (nSPS) is 18.7. The van der Waals surface area contributed by atoms with E-state index < -0.39 is 0 Å². The summed E-state index contributed by atoms with van der Waals surface area (Å²) in [5, 5.41) is 14.2. The summed E-state index contributed by atoms with van der Waals surface area (Å²) in [5.41, 5.74) is 14.8. The molecule has 1 heterocycles. The molecule has 1 aliphatic rings. The van der Waals surface area contributed by atoms with Crippen LogP contribution in [0.1, 0.15) is 41.7 Å². The van der Waals surface area contributed by atoms with Crippen molar-refractivity contribution in [1.29, 1.82) is 5.41 Å². The number of amides is 1. The standard InChI is InChI=1S/C26H27N5O/c27-19-10-12-20(13-11-19)30-26(32)24-14-17-8-9-18(25(28)29)15-23(17)31(24)22-7-3-5-16-4-1-2-6-21(16)22/h1-9,14-15,19-20H,10-13,27H2,(H3,28,29)(H,30,32)/t19-,20-. The molecular weight excluding hydrogens is 398 g/mol. The number of benzene rings is 3. The van der Waals surface area contributed by atoms with Gasteiger partial charge in [-0.1, -0.05) is 48.5 Å². The van der Waals surface area contributed by atoms with Crippen LogP contribution in [0.3, 0.4) is 0 Å². The Labute approximate surface area is 186 Å². The van der Waals surface area contributed by atoms with Crippen LogP contribution in [-0.2, 0) is 0 Å². The van der Waals surface area contributed by atoms with Crippen LogP contribution in [0, 0.1) is 5.41 Å². The number of nitrogens with zero attached hydrogens (tertiary/aromatic N) is 1. The number of carbonyl (C=O) groups is 1. The zero-order chi connectivity index (χ0) is 22.2. The van der Waals surface area contributed by atoms with E-state index >= 15 is 0 Å². The number of nitrogens with one attached hydrogen (secondary N) is 2. The maximum atomic E-state index is 13.5. The molecule has 1 amide bonds. The van der Waals surface area contributed by atoms with Gasteiger partial charge in [0.2, 0.25) is 0 Å². The Balaban J connectivity index is 1.67. The van der Waals surface area contributed by atoms with Crippen molar-refractivity contribution in [2.75, 3.05) is 0 Å². The highest BCUT2D eigenvalue weighted by atomic mass is 16.2. The number of hydrogen-bond acceptors (Lipinski definition) is 3. The van der Waals surface area contributed by atoms with Crippen molar-refractivity contribution in [3.8, 4) is 5.69 Å². The van der Waals surface area contributed by atoms with Crippen LogP contribution in [0.5, 0.6) is 0 Å². The zero-order valence-electron chi connectivity index (χ0n) is 17.8. The van der Waals surface area contributed by atoms with Gasteiger partial charge in [0.05, 0.1) is 11.2 Å². The summed E-state index contributed by atoms with van der Waals surface area (Å²) < 4.78 is 1.99. The Morgan fingerprint density at radius 1 is 0.938 bits per heavy atom. The molecule has 162 valence electrons. The Hall–Kier alpha value is -3.64. The van der Waals surface area contributed by atoms with Gasteiger partial charge < -0.3 is 21.4 Å². The summed E-state index contributed by atoms with van der Waals surface area (Å²) in [6, 6.07) is 22.2. The molecule has 6 nitrogen and oxygen atoms in total. The highest BCUT2D eigenvalue weighted by molar-refractivity contribution is 6.05. The largest absolute Gasteiger partial charge is 0.384 e. The van der Waals surface area contributed by atoms with Gasteiger partial charge in [-0.25, -0.2) is 0 Å². The molecule has 6 N–H and O–H groups in total. The second-order valence-electron chi connectivity index (χ2n) is 8.64. The fourth-order valence-corrected chi connectivity index (χ4v) is 4.72. The molecule has 0 spiro atoms. The lowest BCUT2D eigenvalue weighted by atomic mass is 9.92. The van der Waals surface area contributed by atoms with Crippen molar-refractivity contribution >= 4 is 33.4 Å². The van der Waals surface area contributed by atoms with Gasteiger partial charge in [0.25, 0.3) is 5.91 Å². The predicted molar refractivity (Wildman–Crippen MR) is 129 cm³/mol.